The Kier molecular flexibility index (Phi) is 5.05. The van der Waals surface area contributed by atoms with E-state index in [2.05, 4.69) is 40.1 Å². The molecule has 0 bridgehead atoms. The van der Waals surface area contributed by atoms with Gasteiger partial charge in [-0.3, -0.25) is 0 Å². The molecule has 0 aromatic heterocycles. The lowest BCUT2D eigenvalue weighted by Gasteiger charge is -2.39. The Balaban J connectivity index is 1.91. The average Bonchev–Trinajstić information content (AvgIpc) is 2.99. The van der Waals surface area contributed by atoms with Crippen molar-refractivity contribution in [2.75, 3.05) is 13.4 Å². The SMILES string of the molecule is C=C[C@@]1(OCOCC[Si](C)(C)C)CC[C@@H]2[C@H]([C@@H]1C=O)C2(C)C. The summed E-state index contributed by atoms with van der Waals surface area (Å²) in [6, 6.07) is 1.13. The molecule has 0 aromatic rings. The highest BCUT2D eigenvalue weighted by atomic mass is 28.3. The van der Waals surface area contributed by atoms with E-state index in [1.165, 1.54) is 0 Å². The third-order valence-corrected chi connectivity index (χ3v) is 7.54. The van der Waals surface area contributed by atoms with E-state index in [1.54, 1.807) is 0 Å². The maximum Gasteiger partial charge on any atom is 0.147 e. The van der Waals surface area contributed by atoms with Crippen LogP contribution in [0.4, 0.5) is 0 Å². The van der Waals surface area contributed by atoms with E-state index in [4.69, 9.17) is 9.47 Å². The summed E-state index contributed by atoms with van der Waals surface area (Å²) in [6.45, 7) is 16.5. The van der Waals surface area contributed by atoms with Crippen LogP contribution in [0.15, 0.2) is 12.7 Å². The minimum Gasteiger partial charge on any atom is -0.356 e. The van der Waals surface area contributed by atoms with Crippen LogP contribution in [-0.2, 0) is 14.3 Å². The molecule has 2 fully saturated rings. The molecule has 0 heterocycles. The highest BCUT2D eigenvalue weighted by molar-refractivity contribution is 6.76. The second kappa shape index (κ2) is 6.21. The monoisotopic (exact) mass is 324 g/mol. The largest absolute Gasteiger partial charge is 0.356 e. The van der Waals surface area contributed by atoms with Crippen molar-refractivity contribution < 1.29 is 14.3 Å². The van der Waals surface area contributed by atoms with Crippen LogP contribution in [0.3, 0.4) is 0 Å². The molecule has 0 amide bonds. The van der Waals surface area contributed by atoms with Gasteiger partial charge in [0.15, 0.2) is 0 Å². The van der Waals surface area contributed by atoms with Crippen LogP contribution >= 0.6 is 0 Å². The van der Waals surface area contributed by atoms with E-state index < -0.39 is 13.7 Å². The second-order valence-corrected chi connectivity index (χ2v) is 14.4. The highest BCUT2D eigenvalue weighted by Crippen LogP contribution is 2.68. The molecule has 0 aromatic carbocycles. The topological polar surface area (TPSA) is 35.5 Å². The number of ether oxygens (including phenoxy) is 2. The summed E-state index contributed by atoms with van der Waals surface area (Å²) < 4.78 is 11.8. The fraction of sp³-hybridized carbons (Fsp3) is 0.833. The molecule has 2 aliphatic rings. The van der Waals surface area contributed by atoms with Crippen LogP contribution in [0.5, 0.6) is 0 Å². The molecule has 0 radical (unpaired) electrons. The first-order valence-corrected chi connectivity index (χ1v) is 12.2. The summed E-state index contributed by atoms with van der Waals surface area (Å²) in [5, 5.41) is 0. The van der Waals surface area contributed by atoms with Crippen LogP contribution in [0.2, 0.25) is 25.7 Å². The summed E-state index contributed by atoms with van der Waals surface area (Å²) in [5.74, 6) is 1.00. The summed E-state index contributed by atoms with van der Waals surface area (Å²) in [5.41, 5.74) is -0.270. The lowest BCUT2D eigenvalue weighted by Crippen LogP contribution is -2.44. The van der Waals surface area contributed by atoms with Crippen molar-refractivity contribution in [1.82, 2.24) is 0 Å². The fourth-order valence-corrected chi connectivity index (χ4v) is 4.91. The molecule has 4 heteroatoms. The predicted molar refractivity (Wildman–Crippen MR) is 92.5 cm³/mol. The van der Waals surface area contributed by atoms with Crippen molar-refractivity contribution >= 4 is 14.4 Å². The van der Waals surface area contributed by atoms with Gasteiger partial charge in [0.2, 0.25) is 0 Å². The molecule has 2 aliphatic carbocycles. The number of rotatable bonds is 8. The van der Waals surface area contributed by atoms with Gasteiger partial charge in [0, 0.05) is 14.7 Å². The van der Waals surface area contributed by atoms with E-state index in [9.17, 15) is 4.79 Å². The van der Waals surface area contributed by atoms with E-state index >= 15 is 0 Å². The van der Waals surface area contributed by atoms with Gasteiger partial charge in [-0.05, 0) is 36.1 Å². The maximum atomic E-state index is 11.7. The van der Waals surface area contributed by atoms with Gasteiger partial charge >= 0.3 is 0 Å². The molecule has 3 nitrogen and oxygen atoms in total. The Morgan fingerprint density at radius 2 is 2.00 bits per heavy atom. The van der Waals surface area contributed by atoms with E-state index in [1.807, 2.05) is 6.08 Å². The smallest absolute Gasteiger partial charge is 0.147 e. The van der Waals surface area contributed by atoms with Crippen molar-refractivity contribution in [3.05, 3.63) is 12.7 Å². The van der Waals surface area contributed by atoms with Gasteiger partial charge in [0.05, 0.1) is 11.5 Å². The second-order valence-electron chi connectivity index (χ2n) is 8.79. The number of fused-ring (bicyclic) bond motifs is 1. The third-order valence-electron chi connectivity index (χ3n) is 5.84. The zero-order chi connectivity index (χ0) is 16.6. The summed E-state index contributed by atoms with van der Waals surface area (Å²) in [6.07, 6.45) is 4.93. The summed E-state index contributed by atoms with van der Waals surface area (Å²) in [7, 11) is -1.07. The lowest BCUT2D eigenvalue weighted by molar-refractivity contribution is -0.159. The minimum atomic E-state index is -1.07. The Hall–Kier alpha value is -0.453. The van der Waals surface area contributed by atoms with Crippen LogP contribution in [0.1, 0.15) is 26.7 Å². The standard InChI is InChI=1S/C18H32O3Si/c1-7-18(21-13-20-10-11-22(4,5)6)9-8-14-16(15(18)12-19)17(14,2)3/h7,12,14-16H,1,8-11,13H2,2-6H3/t14-,15+,16-,18-/m1/s1. The third kappa shape index (κ3) is 3.39. The fourth-order valence-electron chi connectivity index (χ4n) is 4.16. The van der Waals surface area contributed by atoms with Gasteiger partial charge in [0.25, 0.3) is 0 Å². The molecule has 0 spiro atoms. The molecule has 4 atom stereocenters. The van der Waals surface area contributed by atoms with Crippen molar-refractivity contribution in [3.8, 4) is 0 Å². The highest BCUT2D eigenvalue weighted by Gasteiger charge is 2.67. The van der Waals surface area contributed by atoms with E-state index in [0.29, 0.717) is 11.8 Å². The number of carbonyl (C=O) groups is 1. The van der Waals surface area contributed by atoms with Gasteiger partial charge < -0.3 is 14.3 Å². The van der Waals surface area contributed by atoms with Gasteiger partial charge in [-0.15, -0.1) is 6.58 Å². The van der Waals surface area contributed by atoms with Crippen LogP contribution < -0.4 is 0 Å². The lowest BCUT2D eigenvalue weighted by atomic mass is 9.75. The van der Waals surface area contributed by atoms with Crippen molar-refractivity contribution in [2.45, 2.75) is 58.0 Å². The zero-order valence-corrected chi connectivity index (χ0v) is 15.9. The normalized spacial score (nSPS) is 36.5. The minimum absolute atomic E-state index is 0.0839. The Morgan fingerprint density at radius 3 is 2.55 bits per heavy atom. The van der Waals surface area contributed by atoms with Gasteiger partial charge in [-0.2, -0.15) is 0 Å². The first-order chi connectivity index (χ1) is 10.2. The number of aldehydes is 1. The van der Waals surface area contributed by atoms with Crippen LogP contribution in [0, 0.1) is 23.2 Å². The van der Waals surface area contributed by atoms with Gasteiger partial charge in [0.1, 0.15) is 13.1 Å². The molecule has 0 N–H and O–H groups in total. The molecular formula is C18H32O3Si. The Labute approximate surface area is 136 Å². The summed E-state index contributed by atoms with van der Waals surface area (Å²) in [4.78, 5) is 11.7. The Bertz CT molecular complexity index is 427. The zero-order valence-electron chi connectivity index (χ0n) is 14.9. The van der Waals surface area contributed by atoms with Crippen molar-refractivity contribution in [3.63, 3.8) is 0 Å². The van der Waals surface area contributed by atoms with Crippen molar-refractivity contribution in [2.24, 2.45) is 23.2 Å². The molecule has 22 heavy (non-hydrogen) atoms. The molecule has 0 aliphatic heterocycles. The van der Waals surface area contributed by atoms with Gasteiger partial charge in [-0.25, -0.2) is 0 Å². The number of carbonyl (C=O) groups excluding carboxylic acids is 1. The average molecular weight is 325 g/mol. The molecule has 0 unspecified atom stereocenters. The Morgan fingerprint density at radius 1 is 1.32 bits per heavy atom. The molecule has 2 rings (SSSR count). The number of hydrogen-bond acceptors (Lipinski definition) is 3. The van der Waals surface area contributed by atoms with E-state index in [0.717, 1.165) is 31.8 Å². The first-order valence-electron chi connectivity index (χ1n) is 8.48. The quantitative estimate of drug-likeness (QED) is 0.221. The summed E-state index contributed by atoms with van der Waals surface area (Å²) >= 11 is 0. The molecular weight excluding hydrogens is 292 g/mol. The molecule has 126 valence electrons. The molecule has 2 saturated carbocycles. The first kappa shape index (κ1) is 17.9. The van der Waals surface area contributed by atoms with Crippen LogP contribution in [0.25, 0.3) is 0 Å². The van der Waals surface area contributed by atoms with Gasteiger partial charge in [-0.1, -0.05) is 39.6 Å². The predicted octanol–water partition coefficient (Wildman–Crippen LogP) is 4.12. The maximum absolute atomic E-state index is 11.7. The van der Waals surface area contributed by atoms with Crippen molar-refractivity contribution in [1.29, 1.82) is 0 Å². The van der Waals surface area contributed by atoms with Crippen LogP contribution in [-0.4, -0.2) is 33.4 Å². The molecule has 0 saturated heterocycles. The number of hydrogen-bond donors (Lipinski definition) is 0. The van der Waals surface area contributed by atoms with E-state index in [-0.39, 0.29) is 18.1 Å².